The van der Waals surface area contributed by atoms with Crippen molar-refractivity contribution in [2.24, 2.45) is 11.8 Å². The van der Waals surface area contributed by atoms with Crippen molar-refractivity contribution in [1.29, 1.82) is 0 Å². The Morgan fingerprint density at radius 3 is 1.21 bits per heavy atom. The first kappa shape index (κ1) is 39.3. The second-order valence-electron chi connectivity index (χ2n) is 16.0. The molecule has 1 nitrogen and oxygen atoms in total. The number of hydrogen-bond acceptors (Lipinski definition) is 1. The van der Waals surface area contributed by atoms with Gasteiger partial charge < -0.3 is 4.74 Å². The molecule has 0 radical (unpaired) electrons. The third-order valence-corrected chi connectivity index (χ3v) is 12.3. The van der Waals surface area contributed by atoms with Gasteiger partial charge in [-0.3, -0.25) is 0 Å². The molecule has 2 atom stereocenters. The first-order valence-electron chi connectivity index (χ1n) is 20.6. The summed E-state index contributed by atoms with van der Waals surface area (Å²) < 4.78 is 66.4. The van der Waals surface area contributed by atoms with Gasteiger partial charge in [-0.2, -0.15) is 0 Å². The molecule has 0 aromatic heterocycles. The zero-order valence-electron chi connectivity index (χ0n) is 31.8. The normalized spacial score (nSPS) is 21.7. The molecule has 2 unspecified atom stereocenters. The van der Waals surface area contributed by atoms with Crippen molar-refractivity contribution in [3.05, 3.63) is 142 Å². The Bertz CT molecular complexity index is 1570. The smallest absolute Gasteiger partial charge is 0.132 e. The minimum atomic E-state index is -0.976. The van der Waals surface area contributed by atoms with Crippen LogP contribution in [-0.4, -0.2) is 0 Å². The van der Waals surface area contributed by atoms with E-state index in [0.29, 0.717) is 23.0 Å². The Hall–Kier alpha value is -3.44. The zero-order valence-corrected chi connectivity index (χ0v) is 31.8. The fraction of sp³-hybridized carbons (Fsp3) is 0.500. The van der Waals surface area contributed by atoms with Crippen LogP contribution in [0.3, 0.4) is 0 Å². The van der Waals surface area contributed by atoms with E-state index in [0.717, 1.165) is 49.7 Å². The van der Waals surface area contributed by atoms with Gasteiger partial charge in [0.1, 0.15) is 35.5 Å². The Morgan fingerprint density at radius 1 is 0.491 bits per heavy atom. The molecule has 2 saturated carbocycles. The van der Waals surface area contributed by atoms with E-state index in [4.69, 9.17) is 4.74 Å². The van der Waals surface area contributed by atoms with Gasteiger partial charge in [0.05, 0.1) is 0 Å². The summed E-state index contributed by atoms with van der Waals surface area (Å²) >= 11 is 0. The van der Waals surface area contributed by atoms with Crippen LogP contribution in [0.5, 0.6) is 0 Å². The summed E-state index contributed by atoms with van der Waals surface area (Å²) in [6, 6.07) is 23.3. The fourth-order valence-corrected chi connectivity index (χ4v) is 9.05. The molecular weight excluding hydrogens is 669 g/mol. The molecule has 5 heteroatoms. The largest absolute Gasteiger partial charge is 0.356 e. The molecule has 0 spiro atoms. The van der Waals surface area contributed by atoms with E-state index in [1.807, 2.05) is 24.3 Å². The highest BCUT2D eigenvalue weighted by molar-refractivity contribution is 5.38. The van der Waals surface area contributed by atoms with E-state index in [2.05, 4.69) is 38.1 Å². The monoisotopic (exact) mass is 726 g/mol. The summed E-state index contributed by atoms with van der Waals surface area (Å²) in [7, 11) is 0. The van der Waals surface area contributed by atoms with Crippen LogP contribution in [0.4, 0.5) is 17.6 Å². The number of ether oxygens (including phenoxy) is 1. The lowest BCUT2D eigenvalue weighted by Gasteiger charge is -2.30. The zero-order chi connectivity index (χ0) is 37.2. The minimum Gasteiger partial charge on any atom is -0.356 e. The molecule has 284 valence electrons. The lowest BCUT2D eigenvalue weighted by atomic mass is 9.77. The van der Waals surface area contributed by atoms with Gasteiger partial charge in [0.15, 0.2) is 0 Å². The second kappa shape index (κ2) is 19.2. The lowest BCUT2D eigenvalue weighted by Crippen LogP contribution is -2.17. The molecule has 4 aromatic rings. The van der Waals surface area contributed by atoms with Gasteiger partial charge in [-0.25, -0.2) is 17.6 Å². The quantitative estimate of drug-likeness (QED) is 0.0825. The van der Waals surface area contributed by atoms with Gasteiger partial charge in [0.2, 0.25) is 0 Å². The molecule has 0 bridgehead atoms. The van der Waals surface area contributed by atoms with Crippen LogP contribution in [0.25, 0.3) is 0 Å². The highest BCUT2D eigenvalue weighted by Gasteiger charge is 2.29. The average Bonchev–Trinajstić information content (AvgIpc) is 3.17. The molecule has 4 aromatic carbocycles. The number of hydrogen-bond donors (Lipinski definition) is 0. The number of benzene rings is 4. The van der Waals surface area contributed by atoms with Crippen LogP contribution >= 0.6 is 0 Å². The number of halogens is 4. The Morgan fingerprint density at radius 2 is 0.868 bits per heavy atom. The SMILES string of the molecule is CCCCCC1CCC(c2ccc(C(OC(c3ccc(C4CCC(CCCCC)CC4)cc3)c3ccc(F)cc3F)c3ccc(F)cc3F)cc2)CC1. The molecule has 0 heterocycles. The highest BCUT2D eigenvalue weighted by Crippen LogP contribution is 2.42. The van der Waals surface area contributed by atoms with Crippen molar-refractivity contribution < 1.29 is 22.3 Å². The maximum atomic E-state index is 15.6. The van der Waals surface area contributed by atoms with Crippen molar-refractivity contribution in [1.82, 2.24) is 0 Å². The van der Waals surface area contributed by atoms with Crippen LogP contribution in [0.2, 0.25) is 0 Å². The predicted molar refractivity (Wildman–Crippen MR) is 208 cm³/mol. The van der Waals surface area contributed by atoms with Gasteiger partial charge in [-0.05, 0) is 109 Å². The van der Waals surface area contributed by atoms with Crippen molar-refractivity contribution in [2.45, 2.75) is 141 Å². The van der Waals surface area contributed by atoms with Crippen LogP contribution in [0.1, 0.15) is 174 Å². The van der Waals surface area contributed by atoms with Crippen molar-refractivity contribution in [3.63, 3.8) is 0 Å². The molecule has 0 N–H and O–H groups in total. The number of rotatable bonds is 16. The molecule has 2 aliphatic carbocycles. The van der Waals surface area contributed by atoms with Crippen LogP contribution in [-0.2, 0) is 4.74 Å². The van der Waals surface area contributed by atoms with E-state index < -0.39 is 35.5 Å². The topological polar surface area (TPSA) is 9.23 Å². The summed E-state index contributed by atoms with van der Waals surface area (Å²) in [5.41, 5.74) is 4.20. The van der Waals surface area contributed by atoms with Crippen molar-refractivity contribution >= 4 is 0 Å². The molecule has 0 aliphatic heterocycles. The van der Waals surface area contributed by atoms with Gasteiger partial charge in [-0.1, -0.05) is 126 Å². The highest BCUT2D eigenvalue weighted by atomic mass is 19.1. The summed E-state index contributed by atoms with van der Waals surface area (Å²) in [6.07, 6.45) is 18.0. The maximum Gasteiger partial charge on any atom is 0.132 e. The van der Waals surface area contributed by atoms with E-state index >= 15 is 8.78 Å². The Labute approximate surface area is 315 Å². The second-order valence-corrected chi connectivity index (χ2v) is 16.0. The van der Waals surface area contributed by atoms with Gasteiger partial charge in [-0.15, -0.1) is 0 Å². The standard InChI is InChI=1S/C48H58F4O/c1-3-5-7-9-33-11-15-35(16-12-33)37-19-23-39(24-20-37)47(43-29-27-41(49)31-45(43)51)53-48(44-30-28-42(50)32-46(44)52)40-25-21-38(22-26-40)36-17-13-34(14-18-36)10-8-6-4-2/h19-36,47-48H,3-18H2,1-2H3. The van der Waals surface area contributed by atoms with Crippen molar-refractivity contribution in [3.8, 4) is 0 Å². The molecule has 2 aliphatic rings. The first-order valence-corrected chi connectivity index (χ1v) is 20.6. The average molecular weight is 727 g/mol. The molecule has 0 saturated heterocycles. The van der Waals surface area contributed by atoms with Gasteiger partial charge in [0.25, 0.3) is 0 Å². The number of unbranched alkanes of at least 4 members (excludes halogenated alkanes) is 4. The Balaban J connectivity index is 1.25. The molecule has 53 heavy (non-hydrogen) atoms. The first-order chi connectivity index (χ1) is 25.8. The van der Waals surface area contributed by atoms with E-state index in [1.165, 1.54) is 112 Å². The van der Waals surface area contributed by atoms with E-state index in [9.17, 15) is 8.78 Å². The maximum absolute atomic E-state index is 15.6. The summed E-state index contributed by atoms with van der Waals surface area (Å²) in [5, 5.41) is 0. The third-order valence-electron chi connectivity index (χ3n) is 12.3. The van der Waals surface area contributed by atoms with Crippen LogP contribution < -0.4 is 0 Å². The summed E-state index contributed by atoms with van der Waals surface area (Å²) in [6.45, 7) is 4.50. The molecule has 2 fully saturated rings. The third kappa shape index (κ3) is 10.4. The van der Waals surface area contributed by atoms with Gasteiger partial charge in [0, 0.05) is 23.3 Å². The van der Waals surface area contributed by atoms with Gasteiger partial charge >= 0.3 is 0 Å². The Kier molecular flexibility index (Phi) is 14.3. The molecule has 6 rings (SSSR count). The minimum absolute atomic E-state index is 0.159. The van der Waals surface area contributed by atoms with E-state index in [-0.39, 0.29) is 11.1 Å². The van der Waals surface area contributed by atoms with Crippen LogP contribution in [0, 0.1) is 35.1 Å². The van der Waals surface area contributed by atoms with Crippen LogP contribution in [0.15, 0.2) is 84.9 Å². The predicted octanol–water partition coefficient (Wildman–Crippen LogP) is 14.8. The summed E-state index contributed by atoms with van der Waals surface area (Å²) in [5.74, 6) is -0.268. The van der Waals surface area contributed by atoms with E-state index in [1.54, 1.807) is 0 Å². The van der Waals surface area contributed by atoms with Crippen molar-refractivity contribution in [2.75, 3.05) is 0 Å². The molecular formula is C48H58F4O. The molecule has 0 amide bonds. The summed E-state index contributed by atoms with van der Waals surface area (Å²) in [4.78, 5) is 0. The fourth-order valence-electron chi connectivity index (χ4n) is 9.05. The lowest BCUT2D eigenvalue weighted by molar-refractivity contribution is 0.0269.